The van der Waals surface area contributed by atoms with Crippen molar-refractivity contribution in [1.29, 1.82) is 0 Å². The average Bonchev–Trinajstić information content (AvgIpc) is 3.12. The Morgan fingerprint density at radius 1 is 0.600 bits per heavy atom. The van der Waals surface area contributed by atoms with Crippen molar-refractivity contribution in [3.63, 3.8) is 0 Å². The molecule has 0 bridgehead atoms. The summed E-state index contributed by atoms with van der Waals surface area (Å²) in [7, 11) is 0. The van der Waals surface area contributed by atoms with Crippen molar-refractivity contribution in [1.82, 2.24) is 0 Å². The van der Waals surface area contributed by atoms with E-state index in [0.717, 1.165) is 10.5 Å². The minimum atomic E-state index is 0.745. The van der Waals surface area contributed by atoms with Gasteiger partial charge in [-0.1, -0.05) is 84.4 Å². The predicted molar refractivity (Wildman–Crippen MR) is 110 cm³/mol. The average molecular weight is 411 g/mol. The van der Waals surface area contributed by atoms with Gasteiger partial charge < -0.3 is 0 Å². The third-order valence-electron chi connectivity index (χ3n) is 2.89. The normalized spacial score (nSPS) is 33.1. The summed E-state index contributed by atoms with van der Waals surface area (Å²) in [6.07, 6.45) is 0. The van der Waals surface area contributed by atoms with Crippen molar-refractivity contribution >= 4 is 94.1 Å². The van der Waals surface area contributed by atoms with Gasteiger partial charge in [0, 0.05) is 10.5 Å². The molecule has 0 N–H and O–H groups in total. The summed E-state index contributed by atoms with van der Waals surface area (Å²) in [6.45, 7) is 4.68. The van der Waals surface area contributed by atoms with E-state index in [-0.39, 0.29) is 0 Å². The molecule has 0 aromatic heterocycles. The minimum Gasteiger partial charge on any atom is -0.113 e. The summed E-state index contributed by atoms with van der Waals surface area (Å²) >= 11 is 15.8. The lowest BCUT2D eigenvalue weighted by molar-refractivity contribution is 0.941. The summed E-state index contributed by atoms with van der Waals surface area (Å²) in [4.78, 5) is 0. The van der Waals surface area contributed by atoms with Crippen molar-refractivity contribution in [3.05, 3.63) is 36.2 Å². The van der Waals surface area contributed by atoms with Gasteiger partial charge in [-0.2, -0.15) is 0 Å². The van der Waals surface area contributed by atoms with Crippen LogP contribution in [0.1, 0.15) is 13.8 Å². The zero-order valence-electron chi connectivity index (χ0n) is 10.6. The van der Waals surface area contributed by atoms with Crippen molar-refractivity contribution < 1.29 is 0 Å². The van der Waals surface area contributed by atoms with Crippen LogP contribution in [0.25, 0.3) is 0 Å². The molecule has 0 unspecified atom stereocenters. The molecule has 20 heavy (non-hydrogen) atoms. The fourth-order valence-corrected chi connectivity index (χ4v) is 13.7. The van der Waals surface area contributed by atoms with E-state index in [9.17, 15) is 0 Å². The molecule has 0 saturated carbocycles. The molecule has 0 aromatic rings. The molecule has 1 saturated heterocycles. The molecule has 0 nitrogen and oxygen atoms in total. The molecule has 0 amide bonds. The van der Waals surface area contributed by atoms with E-state index in [4.69, 9.17) is 0 Å². The molecule has 8 heteroatoms. The Morgan fingerprint density at radius 3 is 1.50 bits per heavy atom. The molecule has 4 heterocycles. The second-order valence-corrected chi connectivity index (χ2v) is 14.5. The van der Waals surface area contributed by atoms with E-state index in [1.54, 1.807) is 4.24 Å². The third-order valence-corrected chi connectivity index (χ3v) is 14.8. The van der Waals surface area contributed by atoms with Gasteiger partial charge in [0.05, 0.1) is 25.4 Å². The number of hydrogen-bond donors (Lipinski definition) is 0. The van der Waals surface area contributed by atoms with E-state index < -0.39 is 0 Å². The van der Waals surface area contributed by atoms with Crippen LogP contribution in [0.5, 0.6) is 0 Å². The van der Waals surface area contributed by atoms with Gasteiger partial charge in [-0.05, 0) is 10.8 Å². The van der Waals surface area contributed by atoms with Gasteiger partial charge in [-0.25, -0.2) is 0 Å². The van der Waals surface area contributed by atoms with Gasteiger partial charge in [0.15, 0.2) is 0 Å². The molecule has 0 spiro atoms. The fourth-order valence-electron chi connectivity index (χ4n) is 1.71. The van der Waals surface area contributed by atoms with Gasteiger partial charge in [0.25, 0.3) is 0 Å². The van der Waals surface area contributed by atoms with E-state index >= 15 is 0 Å². The standard InChI is InChI=1S/C12H10S8/c1-5-6(2)16-9(15-5)10-19-11-12(20-10)18-8(17-11)7-13-3-4-14-7/h3-6H,1-2H3/t5-,6-/m0/s1. The molecule has 1 fully saturated rings. The van der Waals surface area contributed by atoms with Crippen LogP contribution in [-0.4, -0.2) is 10.5 Å². The van der Waals surface area contributed by atoms with Crippen molar-refractivity contribution in [2.24, 2.45) is 0 Å². The lowest BCUT2D eigenvalue weighted by Gasteiger charge is -2.06. The van der Waals surface area contributed by atoms with Crippen LogP contribution < -0.4 is 0 Å². The molecule has 0 aliphatic carbocycles. The van der Waals surface area contributed by atoms with Gasteiger partial charge in [-0.3, -0.25) is 0 Å². The Kier molecular flexibility index (Phi) is 4.85. The van der Waals surface area contributed by atoms with Crippen LogP contribution in [0, 0.1) is 0 Å². The molecule has 4 rings (SSSR count). The van der Waals surface area contributed by atoms with E-state index in [1.807, 2.05) is 70.6 Å². The molecule has 4 aliphatic rings. The molecule has 0 radical (unpaired) electrons. The maximum Gasteiger partial charge on any atom is 0.0718 e. The maximum atomic E-state index is 2.34. The van der Waals surface area contributed by atoms with Crippen molar-refractivity contribution in [3.8, 4) is 0 Å². The van der Waals surface area contributed by atoms with Crippen LogP contribution in [-0.2, 0) is 0 Å². The molecular formula is C12H10S8. The first kappa shape index (κ1) is 15.3. The van der Waals surface area contributed by atoms with E-state index in [2.05, 4.69) is 48.2 Å². The molecule has 2 atom stereocenters. The highest BCUT2D eigenvalue weighted by Crippen LogP contribution is 2.70. The number of rotatable bonds is 0. The summed E-state index contributed by atoms with van der Waals surface area (Å²) in [5, 5.41) is 5.85. The minimum absolute atomic E-state index is 0.745. The molecule has 106 valence electrons. The highest BCUT2D eigenvalue weighted by molar-refractivity contribution is 8.49. The predicted octanol–water partition coefficient (Wildman–Crippen LogP) is 7.53. The second kappa shape index (κ2) is 6.34. The first-order valence-electron chi connectivity index (χ1n) is 5.96. The Labute approximate surface area is 153 Å². The number of thioether (sulfide) groups is 8. The summed E-state index contributed by atoms with van der Waals surface area (Å²) in [5.74, 6) is 0. The topological polar surface area (TPSA) is 0 Å². The summed E-state index contributed by atoms with van der Waals surface area (Å²) in [5.41, 5.74) is 0. The fraction of sp³-hybridized carbons (Fsp3) is 0.333. The van der Waals surface area contributed by atoms with Crippen molar-refractivity contribution in [2.75, 3.05) is 0 Å². The van der Waals surface area contributed by atoms with Crippen LogP contribution in [0.4, 0.5) is 0 Å². The molecule has 0 aromatic carbocycles. The van der Waals surface area contributed by atoms with Gasteiger partial charge in [-0.15, -0.1) is 23.5 Å². The highest BCUT2D eigenvalue weighted by atomic mass is 32.3. The van der Waals surface area contributed by atoms with Gasteiger partial charge in [0.1, 0.15) is 0 Å². The number of hydrogen-bond acceptors (Lipinski definition) is 8. The lowest BCUT2D eigenvalue weighted by Crippen LogP contribution is -2.04. The Bertz CT molecular complexity index is 540. The van der Waals surface area contributed by atoms with E-state index in [0.29, 0.717) is 0 Å². The lowest BCUT2D eigenvalue weighted by atomic mass is 10.4. The highest BCUT2D eigenvalue weighted by Gasteiger charge is 2.36. The quantitative estimate of drug-likeness (QED) is 0.396. The largest absolute Gasteiger partial charge is 0.113 e. The van der Waals surface area contributed by atoms with Crippen LogP contribution >= 0.6 is 94.1 Å². The zero-order chi connectivity index (χ0) is 13.7. The summed E-state index contributed by atoms with van der Waals surface area (Å²) < 4.78 is 9.02. The smallest absolute Gasteiger partial charge is 0.0718 e. The first-order chi connectivity index (χ1) is 9.70. The molecule has 4 aliphatic heterocycles. The zero-order valence-corrected chi connectivity index (χ0v) is 17.1. The van der Waals surface area contributed by atoms with Crippen LogP contribution in [0.3, 0.4) is 0 Å². The monoisotopic (exact) mass is 410 g/mol. The SMILES string of the molecule is C[C@@H]1SC(=C2SC3=C(SC(=C4SC=CS4)S3)S2)S[C@H]1C. The second-order valence-electron chi connectivity index (χ2n) is 4.29. The first-order valence-corrected chi connectivity index (χ1v) is 12.7. The van der Waals surface area contributed by atoms with E-state index in [1.165, 1.54) is 21.2 Å². The van der Waals surface area contributed by atoms with Crippen LogP contribution in [0.15, 0.2) is 36.2 Å². The Morgan fingerprint density at radius 2 is 1.00 bits per heavy atom. The van der Waals surface area contributed by atoms with Crippen LogP contribution in [0.2, 0.25) is 0 Å². The Balaban J connectivity index is 1.48. The van der Waals surface area contributed by atoms with Gasteiger partial charge >= 0.3 is 0 Å². The summed E-state index contributed by atoms with van der Waals surface area (Å²) in [6, 6.07) is 0. The van der Waals surface area contributed by atoms with Gasteiger partial charge in [0.2, 0.25) is 0 Å². The van der Waals surface area contributed by atoms with Crippen molar-refractivity contribution in [2.45, 2.75) is 24.3 Å². The molecular weight excluding hydrogens is 401 g/mol. The third kappa shape index (κ3) is 2.92. The maximum absolute atomic E-state index is 2.34. The Hall–Kier alpha value is 1.76.